The second-order valence-corrected chi connectivity index (χ2v) is 8.76. The Labute approximate surface area is 168 Å². The Kier molecular flexibility index (Phi) is 5.16. The Morgan fingerprint density at radius 2 is 1.93 bits per heavy atom. The molecular weight excluding hydrogens is 440 g/mol. The Morgan fingerprint density at radius 1 is 1.31 bits per heavy atom. The number of carbonyl (C=O) groups excluding carboxylic acids is 1. The number of amides is 1. The van der Waals surface area contributed by atoms with E-state index in [2.05, 4.69) is 10.3 Å². The van der Waals surface area contributed by atoms with Crippen LogP contribution in [-0.4, -0.2) is 35.6 Å². The molecule has 1 aliphatic rings. The lowest BCUT2D eigenvalue weighted by Crippen LogP contribution is -2.47. The molecular formula is C16H15ClF4N4O3S. The Hall–Kier alpha value is -2.18. The van der Waals surface area contributed by atoms with E-state index in [1.54, 1.807) is 4.72 Å². The zero-order chi connectivity index (χ0) is 21.8. The molecule has 3 rings (SSSR count). The average molecular weight is 455 g/mol. The molecule has 29 heavy (non-hydrogen) atoms. The van der Waals surface area contributed by atoms with E-state index in [4.69, 9.17) is 11.6 Å². The van der Waals surface area contributed by atoms with Gasteiger partial charge in [0.25, 0.3) is 5.91 Å². The fraction of sp³-hybridized carbons (Fsp3) is 0.375. The number of nitrogens with one attached hydrogen (secondary N) is 2. The highest BCUT2D eigenvalue weighted by Crippen LogP contribution is 2.50. The minimum Gasteiger partial charge on any atom is -0.344 e. The van der Waals surface area contributed by atoms with Crippen LogP contribution in [0, 0.1) is 12.9 Å². The fourth-order valence-electron chi connectivity index (χ4n) is 2.79. The second-order valence-electron chi connectivity index (χ2n) is 6.73. The van der Waals surface area contributed by atoms with Crippen LogP contribution in [0.5, 0.6) is 0 Å². The minimum absolute atomic E-state index is 0.0498. The number of nitrogens with zero attached hydrogens (tertiary/aromatic N) is 2. The lowest BCUT2D eigenvalue weighted by molar-refractivity contribution is -0.160. The number of aromatic nitrogens is 2. The van der Waals surface area contributed by atoms with Crippen LogP contribution >= 0.6 is 11.6 Å². The monoisotopic (exact) mass is 454 g/mol. The fourth-order valence-corrected chi connectivity index (χ4v) is 4.93. The standard InChI is InChI=1S/C16H15ClF4N4O3S/c1-8-5-9(6-11(18)22-8)23-14(26)13-12(17)10(7-25(13)2)29(27,28)24-15(3-4-15)16(19,20)21/h5-7,24H,3-4H2,1-2H3,(H,22,23,26). The first-order valence-electron chi connectivity index (χ1n) is 8.17. The van der Waals surface area contributed by atoms with Crippen LogP contribution in [0.15, 0.2) is 23.2 Å². The normalized spacial score (nSPS) is 16.0. The van der Waals surface area contributed by atoms with Gasteiger partial charge in [0.15, 0.2) is 0 Å². The van der Waals surface area contributed by atoms with Crippen molar-refractivity contribution < 1.29 is 30.8 Å². The maximum Gasteiger partial charge on any atom is 0.407 e. The summed E-state index contributed by atoms with van der Waals surface area (Å²) in [5.74, 6) is -1.71. The van der Waals surface area contributed by atoms with Gasteiger partial charge in [-0.3, -0.25) is 4.79 Å². The van der Waals surface area contributed by atoms with Crippen LogP contribution in [0.4, 0.5) is 23.2 Å². The van der Waals surface area contributed by atoms with Crippen molar-refractivity contribution in [2.45, 2.75) is 36.4 Å². The van der Waals surface area contributed by atoms with Gasteiger partial charge in [-0.2, -0.15) is 22.3 Å². The summed E-state index contributed by atoms with van der Waals surface area (Å²) in [6, 6.07) is 2.32. The van der Waals surface area contributed by atoms with Crippen LogP contribution in [0.25, 0.3) is 0 Å². The zero-order valence-electron chi connectivity index (χ0n) is 15.1. The van der Waals surface area contributed by atoms with Crippen LogP contribution in [-0.2, 0) is 17.1 Å². The van der Waals surface area contributed by atoms with Crippen molar-refractivity contribution in [2.24, 2.45) is 7.05 Å². The zero-order valence-corrected chi connectivity index (χ0v) is 16.6. The summed E-state index contributed by atoms with van der Waals surface area (Å²) in [4.78, 5) is 15.4. The van der Waals surface area contributed by atoms with Crippen molar-refractivity contribution in [3.63, 3.8) is 0 Å². The van der Waals surface area contributed by atoms with Gasteiger partial charge in [0, 0.05) is 30.7 Å². The van der Waals surface area contributed by atoms with E-state index in [-0.39, 0.29) is 29.9 Å². The second kappa shape index (κ2) is 6.96. The molecule has 1 aliphatic carbocycles. The molecule has 0 unspecified atom stereocenters. The molecule has 158 valence electrons. The summed E-state index contributed by atoms with van der Waals surface area (Å²) < 4.78 is 80.4. The molecule has 0 aliphatic heterocycles. The maximum absolute atomic E-state index is 13.4. The average Bonchev–Trinajstić information content (AvgIpc) is 3.24. The first-order chi connectivity index (χ1) is 13.3. The molecule has 7 nitrogen and oxygen atoms in total. The third kappa shape index (κ3) is 4.09. The molecule has 1 saturated carbocycles. The summed E-state index contributed by atoms with van der Waals surface area (Å²) in [5.41, 5.74) is -2.51. The molecule has 0 saturated heterocycles. The van der Waals surface area contributed by atoms with E-state index in [0.717, 1.165) is 16.8 Å². The van der Waals surface area contributed by atoms with Crippen molar-refractivity contribution in [2.75, 3.05) is 5.32 Å². The Balaban J connectivity index is 1.91. The molecule has 0 atom stereocenters. The number of rotatable bonds is 5. The smallest absolute Gasteiger partial charge is 0.344 e. The Morgan fingerprint density at radius 3 is 2.45 bits per heavy atom. The topological polar surface area (TPSA) is 93.1 Å². The maximum atomic E-state index is 13.4. The molecule has 2 N–H and O–H groups in total. The third-order valence-electron chi connectivity index (χ3n) is 4.39. The van der Waals surface area contributed by atoms with E-state index < -0.39 is 43.5 Å². The van der Waals surface area contributed by atoms with Gasteiger partial charge in [-0.05, 0) is 25.8 Å². The van der Waals surface area contributed by atoms with Gasteiger partial charge in [0.05, 0.1) is 5.02 Å². The quantitative estimate of drug-likeness (QED) is 0.536. The van der Waals surface area contributed by atoms with Crippen molar-refractivity contribution in [3.05, 3.63) is 40.7 Å². The molecule has 2 aromatic rings. The first-order valence-corrected chi connectivity index (χ1v) is 10.0. The van der Waals surface area contributed by atoms with Crippen molar-refractivity contribution in [1.82, 2.24) is 14.3 Å². The third-order valence-corrected chi connectivity index (χ3v) is 6.44. The molecule has 2 heterocycles. The van der Waals surface area contributed by atoms with Gasteiger partial charge in [0.2, 0.25) is 16.0 Å². The molecule has 0 aromatic carbocycles. The first kappa shape index (κ1) is 21.5. The van der Waals surface area contributed by atoms with Crippen molar-refractivity contribution in [1.29, 1.82) is 0 Å². The van der Waals surface area contributed by atoms with E-state index in [1.807, 2.05) is 0 Å². The number of aryl methyl sites for hydroxylation is 2. The number of hydrogen-bond acceptors (Lipinski definition) is 4. The van der Waals surface area contributed by atoms with E-state index in [0.29, 0.717) is 0 Å². The SMILES string of the molecule is Cc1cc(NC(=O)c2c(Cl)c(S(=O)(=O)NC3(C(F)(F)F)CC3)cn2C)cc(F)n1. The summed E-state index contributed by atoms with van der Waals surface area (Å²) in [6.07, 6.45) is -4.60. The number of carbonyl (C=O) groups is 1. The van der Waals surface area contributed by atoms with Crippen LogP contribution < -0.4 is 10.0 Å². The van der Waals surface area contributed by atoms with Crippen LogP contribution in [0.1, 0.15) is 29.0 Å². The highest BCUT2D eigenvalue weighted by molar-refractivity contribution is 7.89. The lowest BCUT2D eigenvalue weighted by atomic mass is 10.3. The molecule has 1 fully saturated rings. The van der Waals surface area contributed by atoms with E-state index in [1.165, 1.54) is 20.0 Å². The predicted octanol–water partition coefficient (Wildman–Crippen LogP) is 3.15. The minimum atomic E-state index is -4.76. The summed E-state index contributed by atoms with van der Waals surface area (Å²) in [6.45, 7) is 1.50. The molecule has 1 amide bonds. The number of hydrogen-bond donors (Lipinski definition) is 2. The summed E-state index contributed by atoms with van der Waals surface area (Å²) in [7, 11) is -3.36. The summed E-state index contributed by atoms with van der Waals surface area (Å²) >= 11 is 6.03. The van der Waals surface area contributed by atoms with Gasteiger partial charge in [-0.25, -0.2) is 13.4 Å². The molecule has 0 radical (unpaired) electrons. The van der Waals surface area contributed by atoms with E-state index in [9.17, 15) is 30.8 Å². The molecule has 13 heteroatoms. The largest absolute Gasteiger partial charge is 0.407 e. The molecule has 0 spiro atoms. The Bertz CT molecular complexity index is 1070. The molecule has 2 aromatic heterocycles. The van der Waals surface area contributed by atoms with Gasteiger partial charge in [0.1, 0.15) is 16.1 Å². The van der Waals surface area contributed by atoms with Crippen LogP contribution in [0.3, 0.4) is 0 Å². The number of anilines is 1. The number of sulfonamides is 1. The van der Waals surface area contributed by atoms with Gasteiger partial charge in [-0.1, -0.05) is 11.6 Å². The van der Waals surface area contributed by atoms with Crippen LogP contribution in [0.2, 0.25) is 5.02 Å². The van der Waals surface area contributed by atoms with Gasteiger partial charge < -0.3 is 9.88 Å². The van der Waals surface area contributed by atoms with Gasteiger partial charge >= 0.3 is 6.18 Å². The van der Waals surface area contributed by atoms with Gasteiger partial charge in [-0.15, -0.1) is 0 Å². The predicted molar refractivity (Wildman–Crippen MR) is 95.6 cm³/mol. The summed E-state index contributed by atoms with van der Waals surface area (Å²) in [5, 5.41) is 1.80. The van der Waals surface area contributed by atoms with E-state index >= 15 is 0 Å². The highest BCUT2D eigenvalue weighted by atomic mass is 35.5. The molecule has 0 bridgehead atoms. The number of alkyl halides is 3. The highest BCUT2D eigenvalue weighted by Gasteiger charge is 2.65. The lowest BCUT2D eigenvalue weighted by Gasteiger charge is -2.20. The van der Waals surface area contributed by atoms with Crippen molar-refractivity contribution in [3.8, 4) is 0 Å². The number of halogens is 5. The number of pyridine rings is 1. The van der Waals surface area contributed by atoms with Crippen molar-refractivity contribution >= 4 is 33.2 Å².